The van der Waals surface area contributed by atoms with Gasteiger partial charge < -0.3 is 0 Å². The first-order valence-corrected chi connectivity index (χ1v) is 4.87. The Morgan fingerprint density at radius 1 is 1.33 bits per heavy atom. The molecule has 0 fully saturated rings. The smallest absolute Gasteiger partial charge is 0.269 e. The summed E-state index contributed by atoms with van der Waals surface area (Å²) in [4.78, 5) is 13.2. The number of non-ortho nitro benzene ring substituents is 1. The molecule has 0 bridgehead atoms. The molecule has 1 aliphatic rings. The van der Waals surface area contributed by atoms with E-state index in [9.17, 15) is 10.1 Å². The van der Waals surface area contributed by atoms with Gasteiger partial charge in [0.15, 0.2) is 0 Å². The normalized spacial score (nSPS) is 14.8. The highest BCUT2D eigenvalue weighted by atomic mass is 16.6. The van der Waals surface area contributed by atoms with E-state index in [1.807, 2.05) is 0 Å². The number of hydrogen-bond acceptors (Lipinski definition) is 3. The maximum Gasteiger partial charge on any atom is 0.269 e. The quantitative estimate of drug-likeness (QED) is 0.539. The van der Waals surface area contributed by atoms with E-state index in [2.05, 4.69) is 10.3 Å². The molecule has 0 saturated heterocycles. The molecule has 2 rings (SSSR count). The van der Waals surface area contributed by atoms with E-state index >= 15 is 0 Å². The van der Waals surface area contributed by atoms with Crippen LogP contribution in [0.5, 0.6) is 0 Å². The lowest BCUT2D eigenvalue weighted by atomic mass is 10.2. The van der Waals surface area contributed by atoms with Crippen LogP contribution in [-0.4, -0.2) is 17.3 Å². The zero-order valence-electron chi connectivity index (χ0n) is 8.19. The first-order valence-electron chi connectivity index (χ1n) is 4.87. The lowest BCUT2D eigenvalue weighted by Crippen LogP contribution is -2.70. The molecule has 0 atom stereocenters. The minimum Gasteiger partial charge on any atom is -0.278 e. The van der Waals surface area contributed by atoms with Crippen molar-refractivity contribution >= 4 is 17.2 Å². The Morgan fingerprint density at radius 3 is 2.60 bits per heavy atom. The number of nitro benzene ring substituents is 1. The average Bonchev–Trinajstić information content (AvgIpc) is 2.71. The van der Waals surface area contributed by atoms with Crippen LogP contribution >= 0.6 is 0 Å². The Morgan fingerprint density at radius 2 is 2.07 bits per heavy atom. The van der Waals surface area contributed by atoms with Gasteiger partial charge in [0.05, 0.1) is 17.9 Å². The summed E-state index contributed by atoms with van der Waals surface area (Å²) in [5, 5.41) is 13.6. The number of hydrogen-bond donors (Lipinski definition) is 2. The molecule has 15 heavy (non-hydrogen) atoms. The third-order valence-corrected chi connectivity index (χ3v) is 2.32. The summed E-state index contributed by atoms with van der Waals surface area (Å²) in [6.45, 7) is 0.995. The Labute approximate surface area is 87.0 Å². The van der Waals surface area contributed by atoms with Gasteiger partial charge in [0.2, 0.25) is 5.84 Å². The molecule has 2 N–H and O–H groups in total. The molecule has 0 amide bonds. The molecule has 0 unspecified atom stereocenters. The van der Waals surface area contributed by atoms with Gasteiger partial charge in [-0.1, -0.05) is 0 Å². The van der Waals surface area contributed by atoms with Gasteiger partial charge in [-0.05, 0) is 18.6 Å². The minimum atomic E-state index is -0.398. The van der Waals surface area contributed by atoms with Crippen LogP contribution in [0.4, 0.5) is 11.4 Å². The second kappa shape index (κ2) is 4.08. The van der Waals surface area contributed by atoms with E-state index in [1.54, 1.807) is 12.1 Å². The number of nitrogens with one attached hydrogen (secondary N) is 2. The van der Waals surface area contributed by atoms with Crippen molar-refractivity contribution in [1.82, 2.24) is 0 Å². The van der Waals surface area contributed by atoms with Crippen molar-refractivity contribution in [3.8, 4) is 0 Å². The number of amidine groups is 1. The fourth-order valence-corrected chi connectivity index (χ4v) is 1.54. The highest BCUT2D eigenvalue weighted by molar-refractivity contribution is 5.91. The van der Waals surface area contributed by atoms with Gasteiger partial charge in [-0.2, -0.15) is 0 Å². The van der Waals surface area contributed by atoms with E-state index in [-0.39, 0.29) is 5.69 Å². The van der Waals surface area contributed by atoms with Crippen molar-refractivity contribution < 1.29 is 9.92 Å². The van der Waals surface area contributed by atoms with Crippen LogP contribution in [0.1, 0.15) is 12.8 Å². The summed E-state index contributed by atoms with van der Waals surface area (Å²) in [5.41, 5.74) is 0.995. The van der Waals surface area contributed by atoms with Crippen molar-refractivity contribution in [1.29, 1.82) is 0 Å². The molecule has 0 saturated carbocycles. The van der Waals surface area contributed by atoms with Gasteiger partial charge in [0.1, 0.15) is 5.69 Å². The minimum absolute atomic E-state index is 0.116. The number of nitro groups is 1. The van der Waals surface area contributed by atoms with E-state index in [4.69, 9.17) is 0 Å². The van der Waals surface area contributed by atoms with Crippen LogP contribution in [0.25, 0.3) is 0 Å². The first-order chi connectivity index (χ1) is 7.25. The van der Waals surface area contributed by atoms with Gasteiger partial charge in [0, 0.05) is 12.1 Å². The molecule has 5 heteroatoms. The molecule has 1 heterocycles. The van der Waals surface area contributed by atoms with E-state index in [0.29, 0.717) is 0 Å². The molecule has 1 aromatic carbocycles. The molecule has 78 valence electrons. The first kappa shape index (κ1) is 9.64. The van der Waals surface area contributed by atoms with Crippen LogP contribution in [0.2, 0.25) is 0 Å². The largest absolute Gasteiger partial charge is 0.278 e. The third kappa shape index (κ3) is 2.31. The van der Waals surface area contributed by atoms with Crippen LogP contribution < -0.4 is 10.3 Å². The molecular formula is C10H12N3O2+. The monoisotopic (exact) mass is 206 g/mol. The fourth-order valence-electron chi connectivity index (χ4n) is 1.54. The van der Waals surface area contributed by atoms with Gasteiger partial charge in [-0.3, -0.25) is 15.1 Å². The second-order valence-corrected chi connectivity index (χ2v) is 3.44. The lowest BCUT2D eigenvalue weighted by Gasteiger charge is -1.97. The summed E-state index contributed by atoms with van der Waals surface area (Å²) in [6, 6.07) is 6.42. The van der Waals surface area contributed by atoms with Gasteiger partial charge in [0.25, 0.3) is 5.69 Å². The predicted octanol–water partition coefficient (Wildman–Crippen LogP) is 0.280. The Bertz CT molecular complexity index is 398. The Hall–Kier alpha value is -1.91. The second-order valence-electron chi connectivity index (χ2n) is 3.44. The highest BCUT2D eigenvalue weighted by Crippen LogP contribution is 2.15. The van der Waals surface area contributed by atoms with Gasteiger partial charge >= 0.3 is 0 Å². The lowest BCUT2D eigenvalue weighted by molar-refractivity contribution is -0.447. The number of rotatable bonds is 2. The van der Waals surface area contributed by atoms with Crippen LogP contribution in [0.3, 0.4) is 0 Å². The van der Waals surface area contributed by atoms with Crippen molar-refractivity contribution in [2.75, 3.05) is 11.9 Å². The molecular weight excluding hydrogens is 194 g/mol. The van der Waals surface area contributed by atoms with E-state index in [1.165, 1.54) is 12.1 Å². The molecule has 1 aromatic rings. The molecule has 1 aliphatic heterocycles. The summed E-state index contributed by atoms with van der Waals surface area (Å²) >= 11 is 0. The molecule has 5 nitrogen and oxygen atoms in total. The molecule has 0 radical (unpaired) electrons. The van der Waals surface area contributed by atoms with Crippen LogP contribution in [0.15, 0.2) is 24.3 Å². The summed E-state index contributed by atoms with van der Waals surface area (Å²) < 4.78 is 0. The fraction of sp³-hybridized carbons (Fsp3) is 0.300. The highest BCUT2D eigenvalue weighted by Gasteiger charge is 2.13. The van der Waals surface area contributed by atoms with Crippen LogP contribution in [-0.2, 0) is 0 Å². The van der Waals surface area contributed by atoms with Gasteiger partial charge in [-0.25, -0.2) is 5.32 Å². The van der Waals surface area contributed by atoms with Crippen molar-refractivity contribution in [2.45, 2.75) is 12.8 Å². The summed E-state index contributed by atoms with van der Waals surface area (Å²) in [5.74, 6) is 1.09. The Balaban J connectivity index is 2.06. The number of nitrogens with zero attached hydrogens (tertiary/aromatic N) is 1. The topological polar surface area (TPSA) is 69.1 Å². The maximum atomic E-state index is 10.4. The van der Waals surface area contributed by atoms with E-state index in [0.717, 1.165) is 30.9 Å². The molecule has 0 spiro atoms. The summed E-state index contributed by atoms with van der Waals surface area (Å²) in [6.07, 6.45) is 2.15. The van der Waals surface area contributed by atoms with Crippen LogP contribution in [0, 0.1) is 10.1 Å². The Kier molecular flexibility index (Phi) is 2.62. The SMILES string of the molecule is O=[N+]([O-])c1ccc(NC2=[NH+]CCC2)cc1. The maximum absolute atomic E-state index is 10.4. The van der Waals surface area contributed by atoms with Crippen molar-refractivity contribution in [3.05, 3.63) is 34.4 Å². The predicted molar refractivity (Wildman–Crippen MR) is 56.8 cm³/mol. The number of anilines is 1. The number of benzene rings is 1. The zero-order valence-corrected chi connectivity index (χ0v) is 8.19. The molecule has 0 aromatic heterocycles. The van der Waals surface area contributed by atoms with E-state index < -0.39 is 4.92 Å². The van der Waals surface area contributed by atoms with Gasteiger partial charge in [-0.15, -0.1) is 0 Å². The summed E-state index contributed by atoms with van der Waals surface area (Å²) in [7, 11) is 0. The standard InChI is InChI=1S/C10H11N3O2/c14-13(15)9-5-3-8(4-6-9)12-10-2-1-7-11-10/h3-6H,1-2,7H2,(H,11,12)/p+1. The average molecular weight is 206 g/mol. The molecule has 0 aliphatic carbocycles. The zero-order chi connectivity index (χ0) is 10.7. The van der Waals surface area contributed by atoms with Crippen molar-refractivity contribution in [2.24, 2.45) is 0 Å². The third-order valence-electron chi connectivity index (χ3n) is 2.32. The van der Waals surface area contributed by atoms with Crippen molar-refractivity contribution in [3.63, 3.8) is 0 Å².